The normalized spacial score (nSPS) is 27.0. The molecule has 0 aromatic rings. The van der Waals surface area contributed by atoms with E-state index in [0.29, 0.717) is 5.92 Å². The minimum atomic E-state index is 0.285. The van der Waals surface area contributed by atoms with Crippen molar-refractivity contribution in [1.82, 2.24) is 4.90 Å². The maximum atomic E-state index is 8.77. The molecule has 0 aromatic carbocycles. The fraction of sp³-hybridized carbons (Fsp3) is 1.00. The Hall–Kier alpha value is -0.120. The number of likely N-dealkylation sites (tertiary alicyclic amines) is 1. The Bertz CT molecular complexity index is 119. The molecule has 3 N–H and O–H groups in total. The third-order valence-electron chi connectivity index (χ3n) is 2.69. The van der Waals surface area contributed by atoms with E-state index < -0.39 is 0 Å². The highest BCUT2D eigenvalue weighted by Crippen LogP contribution is 2.15. The fourth-order valence-corrected chi connectivity index (χ4v) is 1.83. The van der Waals surface area contributed by atoms with Crippen LogP contribution in [0.25, 0.3) is 0 Å². The Morgan fingerprint density at radius 1 is 1.33 bits per heavy atom. The lowest BCUT2D eigenvalue weighted by atomic mass is 10.0. The van der Waals surface area contributed by atoms with Gasteiger partial charge < -0.3 is 15.7 Å². The Labute approximate surface area is 74.5 Å². The molecule has 0 saturated carbocycles. The van der Waals surface area contributed by atoms with E-state index in [1.54, 1.807) is 0 Å². The van der Waals surface area contributed by atoms with Crippen molar-refractivity contribution in [2.24, 2.45) is 11.7 Å². The molecular formula is C9H20N2O. The van der Waals surface area contributed by atoms with Crippen LogP contribution in [0.2, 0.25) is 0 Å². The van der Waals surface area contributed by atoms with Gasteiger partial charge in [-0.15, -0.1) is 0 Å². The Morgan fingerprint density at radius 3 is 2.83 bits per heavy atom. The first kappa shape index (κ1) is 9.96. The molecule has 0 aromatic heterocycles. The second kappa shape index (κ2) is 5.51. The summed E-state index contributed by atoms with van der Waals surface area (Å²) in [4.78, 5) is 2.33. The van der Waals surface area contributed by atoms with Crippen LogP contribution in [0.15, 0.2) is 0 Å². The maximum absolute atomic E-state index is 8.77. The molecule has 0 radical (unpaired) electrons. The predicted molar refractivity (Wildman–Crippen MR) is 49.9 cm³/mol. The third kappa shape index (κ3) is 3.09. The average Bonchev–Trinajstić information content (AvgIpc) is 2.31. The number of hydrogen-bond acceptors (Lipinski definition) is 3. The Kier molecular flexibility index (Phi) is 4.58. The quantitative estimate of drug-likeness (QED) is 0.632. The summed E-state index contributed by atoms with van der Waals surface area (Å²) in [6.07, 6.45) is 3.71. The number of aliphatic hydroxyl groups is 1. The largest absolute Gasteiger partial charge is 0.395 e. The summed E-state index contributed by atoms with van der Waals surface area (Å²) in [6.45, 7) is 4.19. The molecule has 1 saturated heterocycles. The zero-order chi connectivity index (χ0) is 8.81. The lowest BCUT2D eigenvalue weighted by molar-refractivity contribution is 0.199. The van der Waals surface area contributed by atoms with E-state index in [1.165, 1.54) is 19.3 Å². The van der Waals surface area contributed by atoms with Gasteiger partial charge in [-0.05, 0) is 44.8 Å². The third-order valence-corrected chi connectivity index (χ3v) is 2.69. The smallest absolute Gasteiger partial charge is 0.0558 e. The monoisotopic (exact) mass is 172 g/mol. The van der Waals surface area contributed by atoms with E-state index in [1.807, 2.05) is 0 Å². The van der Waals surface area contributed by atoms with Gasteiger partial charge in [0.2, 0.25) is 0 Å². The van der Waals surface area contributed by atoms with Crippen molar-refractivity contribution in [3.63, 3.8) is 0 Å². The molecule has 0 bridgehead atoms. The molecule has 72 valence electrons. The topological polar surface area (TPSA) is 49.5 Å². The van der Waals surface area contributed by atoms with Crippen molar-refractivity contribution >= 4 is 0 Å². The molecule has 0 amide bonds. The summed E-state index contributed by atoms with van der Waals surface area (Å²) < 4.78 is 0. The van der Waals surface area contributed by atoms with Crippen LogP contribution in [0.3, 0.4) is 0 Å². The van der Waals surface area contributed by atoms with E-state index in [0.717, 1.165) is 26.2 Å². The summed E-state index contributed by atoms with van der Waals surface area (Å²) >= 11 is 0. The van der Waals surface area contributed by atoms with Crippen molar-refractivity contribution in [3.8, 4) is 0 Å². The standard InChI is InChI=1S/C9H20N2O/c10-8-9-2-1-4-11(5-3-9)6-7-12/h9,12H,1-8,10H2. The Morgan fingerprint density at radius 2 is 2.17 bits per heavy atom. The molecule has 3 nitrogen and oxygen atoms in total. The van der Waals surface area contributed by atoms with Crippen molar-refractivity contribution < 1.29 is 5.11 Å². The van der Waals surface area contributed by atoms with Gasteiger partial charge in [0.15, 0.2) is 0 Å². The van der Waals surface area contributed by atoms with Crippen LogP contribution in [-0.4, -0.2) is 42.8 Å². The lowest BCUT2D eigenvalue weighted by Crippen LogP contribution is -2.28. The zero-order valence-corrected chi connectivity index (χ0v) is 7.71. The minimum absolute atomic E-state index is 0.285. The number of nitrogens with zero attached hydrogens (tertiary/aromatic N) is 1. The molecule has 3 heteroatoms. The molecule has 1 atom stereocenters. The van der Waals surface area contributed by atoms with Crippen LogP contribution >= 0.6 is 0 Å². The van der Waals surface area contributed by atoms with Crippen LogP contribution in [-0.2, 0) is 0 Å². The van der Waals surface area contributed by atoms with Crippen molar-refractivity contribution in [1.29, 1.82) is 0 Å². The van der Waals surface area contributed by atoms with E-state index in [4.69, 9.17) is 10.8 Å². The van der Waals surface area contributed by atoms with Crippen LogP contribution in [0.4, 0.5) is 0 Å². The van der Waals surface area contributed by atoms with Crippen LogP contribution in [0.5, 0.6) is 0 Å². The summed E-state index contributed by atoms with van der Waals surface area (Å²) in [6, 6.07) is 0. The van der Waals surface area contributed by atoms with Gasteiger partial charge in [-0.3, -0.25) is 0 Å². The van der Waals surface area contributed by atoms with Gasteiger partial charge in [0.05, 0.1) is 6.61 Å². The molecule has 1 aliphatic heterocycles. The summed E-state index contributed by atoms with van der Waals surface area (Å²) in [5.41, 5.74) is 5.62. The highest BCUT2D eigenvalue weighted by atomic mass is 16.3. The van der Waals surface area contributed by atoms with Gasteiger partial charge in [0.25, 0.3) is 0 Å². The van der Waals surface area contributed by atoms with Gasteiger partial charge >= 0.3 is 0 Å². The second-order valence-electron chi connectivity index (χ2n) is 3.60. The number of aliphatic hydroxyl groups excluding tert-OH is 1. The first-order chi connectivity index (χ1) is 5.86. The Balaban J connectivity index is 2.24. The predicted octanol–water partition coefficient (Wildman–Crippen LogP) is 0.0395. The van der Waals surface area contributed by atoms with Crippen molar-refractivity contribution in [2.45, 2.75) is 19.3 Å². The highest BCUT2D eigenvalue weighted by molar-refractivity contribution is 4.70. The first-order valence-corrected chi connectivity index (χ1v) is 4.90. The fourth-order valence-electron chi connectivity index (χ4n) is 1.83. The first-order valence-electron chi connectivity index (χ1n) is 4.90. The molecule has 1 unspecified atom stereocenters. The molecule has 0 aliphatic carbocycles. The van der Waals surface area contributed by atoms with Crippen LogP contribution in [0, 0.1) is 5.92 Å². The molecule has 1 heterocycles. The van der Waals surface area contributed by atoms with Gasteiger partial charge in [0.1, 0.15) is 0 Å². The van der Waals surface area contributed by atoms with Gasteiger partial charge in [-0.1, -0.05) is 0 Å². The summed E-state index contributed by atoms with van der Waals surface area (Å²) in [5, 5.41) is 8.77. The number of β-amino-alcohol motifs (C(OH)–C–C–N with tert-alkyl or cyclic N) is 1. The van der Waals surface area contributed by atoms with E-state index >= 15 is 0 Å². The minimum Gasteiger partial charge on any atom is -0.395 e. The number of hydrogen-bond donors (Lipinski definition) is 2. The van der Waals surface area contributed by atoms with Gasteiger partial charge in [0, 0.05) is 6.54 Å². The SMILES string of the molecule is NCC1CCCN(CCO)CC1. The van der Waals surface area contributed by atoms with E-state index in [-0.39, 0.29) is 6.61 Å². The molecule has 12 heavy (non-hydrogen) atoms. The molecule has 1 aliphatic rings. The van der Waals surface area contributed by atoms with Crippen LogP contribution < -0.4 is 5.73 Å². The van der Waals surface area contributed by atoms with Crippen molar-refractivity contribution in [2.75, 3.05) is 32.8 Å². The van der Waals surface area contributed by atoms with Crippen molar-refractivity contribution in [3.05, 3.63) is 0 Å². The van der Waals surface area contributed by atoms with Gasteiger partial charge in [-0.2, -0.15) is 0 Å². The summed E-state index contributed by atoms with van der Waals surface area (Å²) in [5.74, 6) is 0.716. The van der Waals surface area contributed by atoms with E-state index in [9.17, 15) is 0 Å². The van der Waals surface area contributed by atoms with Crippen LogP contribution in [0.1, 0.15) is 19.3 Å². The van der Waals surface area contributed by atoms with Gasteiger partial charge in [-0.25, -0.2) is 0 Å². The maximum Gasteiger partial charge on any atom is 0.0558 e. The second-order valence-corrected chi connectivity index (χ2v) is 3.60. The molecule has 1 fully saturated rings. The highest BCUT2D eigenvalue weighted by Gasteiger charge is 2.14. The molecule has 0 spiro atoms. The molecular weight excluding hydrogens is 152 g/mol. The number of nitrogens with two attached hydrogens (primary N) is 1. The zero-order valence-electron chi connectivity index (χ0n) is 7.71. The average molecular weight is 172 g/mol. The molecule has 1 rings (SSSR count). The summed E-state index contributed by atoms with van der Waals surface area (Å²) in [7, 11) is 0. The number of rotatable bonds is 3. The lowest BCUT2D eigenvalue weighted by Gasteiger charge is -2.18. The van der Waals surface area contributed by atoms with E-state index in [2.05, 4.69) is 4.90 Å².